The highest BCUT2D eigenvalue weighted by Gasteiger charge is 2.63. The molecular formula is C33H31N3O7. The molecule has 2 aliphatic rings. The third kappa shape index (κ3) is 6.04. The predicted octanol–water partition coefficient (Wildman–Crippen LogP) is 4.23. The van der Waals surface area contributed by atoms with Crippen LogP contribution in [0.2, 0.25) is 0 Å². The van der Waals surface area contributed by atoms with Gasteiger partial charge in [-0.05, 0) is 35.8 Å². The maximum absolute atomic E-state index is 14.0. The van der Waals surface area contributed by atoms with Gasteiger partial charge in [-0.2, -0.15) is 0 Å². The van der Waals surface area contributed by atoms with Crippen LogP contribution in [0.1, 0.15) is 46.6 Å². The lowest BCUT2D eigenvalue weighted by atomic mass is 9.81. The minimum Gasteiger partial charge on any atom is -0.458 e. The molecule has 3 heterocycles. The molecule has 2 N–H and O–H groups in total. The van der Waals surface area contributed by atoms with E-state index in [9.17, 15) is 19.2 Å². The summed E-state index contributed by atoms with van der Waals surface area (Å²) < 4.78 is 16.4. The van der Waals surface area contributed by atoms with Gasteiger partial charge in [0, 0.05) is 17.2 Å². The molecule has 1 unspecified atom stereocenters. The third-order valence-corrected chi connectivity index (χ3v) is 7.63. The number of carbonyl (C=O) groups is 4. The highest BCUT2D eigenvalue weighted by molar-refractivity contribution is 6.08. The van der Waals surface area contributed by atoms with E-state index in [2.05, 4.69) is 11.6 Å². The number of fused-ring (bicyclic) bond motifs is 1. The van der Waals surface area contributed by atoms with Gasteiger partial charge in [0.15, 0.2) is 6.10 Å². The van der Waals surface area contributed by atoms with E-state index in [0.717, 1.165) is 11.1 Å². The fourth-order valence-corrected chi connectivity index (χ4v) is 5.64. The summed E-state index contributed by atoms with van der Waals surface area (Å²) in [4.78, 5) is 57.2. The molecule has 2 fully saturated rings. The van der Waals surface area contributed by atoms with E-state index in [1.165, 1.54) is 29.3 Å². The van der Waals surface area contributed by atoms with Gasteiger partial charge in [0.25, 0.3) is 5.91 Å². The maximum atomic E-state index is 14.0. The first-order valence-electron chi connectivity index (χ1n) is 13.7. The average molecular weight is 582 g/mol. The molecule has 220 valence electrons. The first-order chi connectivity index (χ1) is 20.7. The second-order valence-corrected chi connectivity index (χ2v) is 10.7. The monoisotopic (exact) mass is 581 g/mol. The molecule has 0 saturated carbocycles. The van der Waals surface area contributed by atoms with E-state index >= 15 is 0 Å². The number of rotatable bonds is 10. The number of carbonyl (C=O) groups excluding carboxylic acids is 4. The molecule has 2 saturated heterocycles. The number of benzene rings is 2. The second kappa shape index (κ2) is 12.3. The Balaban J connectivity index is 1.44. The number of primary amides is 1. The summed E-state index contributed by atoms with van der Waals surface area (Å²) in [6.45, 7) is 5.16. The topological polar surface area (TPSA) is 138 Å². The fourth-order valence-electron chi connectivity index (χ4n) is 5.64. The number of hydrogen-bond donors (Lipinski definition) is 1. The highest BCUT2D eigenvalue weighted by atomic mass is 16.6. The third-order valence-electron chi connectivity index (χ3n) is 7.63. The number of hydrogen-bond acceptors (Lipinski definition) is 8. The summed E-state index contributed by atoms with van der Waals surface area (Å²) in [5.41, 5.74) is 6.87. The van der Waals surface area contributed by atoms with Crippen molar-refractivity contribution in [2.75, 3.05) is 13.2 Å². The number of β-lactam (4-membered cyclic amide) rings is 1. The molecule has 2 aromatic carbocycles. The van der Waals surface area contributed by atoms with Crippen molar-refractivity contribution in [3.63, 3.8) is 0 Å². The lowest BCUT2D eigenvalue weighted by molar-refractivity contribution is -0.163. The van der Waals surface area contributed by atoms with Crippen molar-refractivity contribution in [1.82, 2.24) is 9.88 Å². The van der Waals surface area contributed by atoms with Crippen LogP contribution in [0.3, 0.4) is 0 Å². The summed E-state index contributed by atoms with van der Waals surface area (Å²) in [7, 11) is 0. The van der Waals surface area contributed by atoms with Crippen LogP contribution >= 0.6 is 0 Å². The van der Waals surface area contributed by atoms with Crippen molar-refractivity contribution in [2.45, 2.75) is 31.5 Å². The van der Waals surface area contributed by atoms with E-state index in [-0.39, 0.29) is 24.7 Å². The molecule has 10 nitrogen and oxygen atoms in total. The molecule has 1 aromatic heterocycles. The van der Waals surface area contributed by atoms with Crippen molar-refractivity contribution in [3.05, 3.63) is 120 Å². The molecule has 0 aliphatic carbocycles. The number of esters is 2. The van der Waals surface area contributed by atoms with Gasteiger partial charge in [-0.15, -0.1) is 0 Å². The van der Waals surface area contributed by atoms with Crippen LogP contribution in [-0.2, 0) is 23.8 Å². The standard InChI is InChI=1S/C33H31N3O7/c1-3-16-41-30(38)23-14-15-35-24(17-23)18-25-26-19-33(2,20-42-32(34)40)28(36(26)29(25)37)31(39)43-27(21-10-6-4-7-11-21)22-12-8-5-9-13-22/h3-15,17-18,26-28H,1,16,19-20H2,2H3,(H2,34,40)/b25-18+/t26?,28-,33-/m0/s1. The van der Waals surface area contributed by atoms with Gasteiger partial charge in [-0.3, -0.25) is 9.78 Å². The first kappa shape index (κ1) is 29.2. The number of aromatic nitrogens is 1. The maximum Gasteiger partial charge on any atom is 0.404 e. The predicted molar refractivity (Wildman–Crippen MR) is 156 cm³/mol. The molecule has 0 bridgehead atoms. The lowest BCUT2D eigenvalue weighted by Gasteiger charge is -2.41. The van der Waals surface area contributed by atoms with Gasteiger partial charge in [-0.1, -0.05) is 80.2 Å². The van der Waals surface area contributed by atoms with Crippen LogP contribution in [-0.4, -0.2) is 59.1 Å². The van der Waals surface area contributed by atoms with Gasteiger partial charge < -0.3 is 24.8 Å². The van der Waals surface area contributed by atoms with Crippen LogP contribution in [0.5, 0.6) is 0 Å². The van der Waals surface area contributed by atoms with Crippen molar-refractivity contribution < 1.29 is 33.4 Å². The van der Waals surface area contributed by atoms with Crippen molar-refractivity contribution in [1.29, 1.82) is 0 Å². The normalized spacial score (nSPS) is 21.6. The zero-order chi connectivity index (χ0) is 30.6. The zero-order valence-corrected chi connectivity index (χ0v) is 23.6. The summed E-state index contributed by atoms with van der Waals surface area (Å²) >= 11 is 0. The second-order valence-electron chi connectivity index (χ2n) is 10.7. The van der Waals surface area contributed by atoms with E-state index in [1.807, 2.05) is 60.7 Å². The molecule has 0 spiro atoms. The van der Waals surface area contributed by atoms with Crippen molar-refractivity contribution in [3.8, 4) is 0 Å². The number of ether oxygens (including phenoxy) is 3. The molecule has 2 amide bonds. The average Bonchev–Trinajstić information content (AvgIpc) is 3.31. The smallest absolute Gasteiger partial charge is 0.404 e. The zero-order valence-electron chi connectivity index (χ0n) is 23.6. The Labute approximate surface area is 248 Å². The summed E-state index contributed by atoms with van der Waals surface area (Å²) in [5, 5.41) is 0. The Kier molecular flexibility index (Phi) is 8.38. The van der Waals surface area contributed by atoms with Gasteiger partial charge in [-0.25, -0.2) is 14.4 Å². The Hall–Kier alpha value is -5.25. The van der Waals surface area contributed by atoms with Crippen LogP contribution in [0.4, 0.5) is 4.79 Å². The highest BCUT2D eigenvalue weighted by Crippen LogP contribution is 2.50. The summed E-state index contributed by atoms with van der Waals surface area (Å²) in [5.74, 6) is -1.56. The first-order valence-corrected chi connectivity index (χ1v) is 13.7. The molecule has 10 heteroatoms. The number of nitrogens with zero attached hydrogens (tertiary/aromatic N) is 2. The van der Waals surface area contributed by atoms with Crippen LogP contribution in [0, 0.1) is 5.41 Å². The van der Waals surface area contributed by atoms with Crippen LogP contribution < -0.4 is 5.73 Å². The van der Waals surface area contributed by atoms with E-state index in [4.69, 9.17) is 19.9 Å². The molecule has 3 aromatic rings. The van der Waals surface area contributed by atoms with Crippen LogP contribution in [0.15, 0.2) is 97.2 Å². The van der Waals surface area contributed by atoms with E-state index in [0.29, 0.717) is 17.7 Å². The molecule has 3 atom stereocenters. The fraction of sp³-hybridized carbons (Fsp3) is 0.242. The van der Waals surface area contributed by atoms with Gasteiger partial charge in [0.1, 0.15) is 19.3 Å². The molecule has 5 rings (SSSR count). The Morgan fingerprint density at radius 3 is 2.33 bits per heavy atom. The van der Waals surface area contributed by atoms with E-state index in [1.54, 1.807) is 13.0 Å². The van der Waals surface area contributed by atoms with Gasteiger partial charge >= 0.3 is 18.0 Å². The lowest BCUT2D eigenvalue weighted by Crippen LogP contribution is -2.58. The number of nitrogens with two attached hydrogens (primary N) is 1. The number of pyridine rings is 1. The molecule has 2 aliphatic heterocycles. The minimum absolute atomic E-state index is 0.0615. The van der Waals surface area contributed by atoms with Gasteiger partial charge in [0.05, 0.1) is 17.3 Å². The SMILES string of the molecule is C=CCOC(=O)c1ccnc(/C=C2/C(=O)N3C2C[C@@](C)(COC(N)=O)[C@@H]3C(=O)OC(c2ccccc2)c2ccccc2)c1. The summed E-state index contributed by atoms with van der Waals surface area (Å²) in [6.07, 6.45) is 3.10. The van der Waals surface area contributed by atoms with Crippen LogP contribution in [0.25, 0.3) is 6.08 Å². The van der Waals surface area contributed by atoms with E-state index < -0.39 is 41.6 Å². The Morgan fingerprint density at radius 1 is 1.07 bits per heavy atom. The molecule has 0 radical (unpaired) electrons. The summed E-state index contributed by atoms with van der Waals surface area (Å²) in [6, 6.07) is 20.1. The molecule has 43 heavy (non-hydrogen) atoms. The Morgan fingerprint density at radius 2 is 1.72 bits per heavy atom. The van der Waals surface area contributed by atoms with Gasteiger partial charge in [0.2, 0.25) is 0 Å². The largest absolute Gasteiger partial charge is 0.458 e. The number of amides is 2. The molecular weight excluding hydrogens is 550 g/mol. The van der Waals surface area contributed by atoms with Crippen molar-refractivity contribution >= 4 is 30.0 Å². The minimum atomic E-state index is -1.05. The quantitative estimate of drug-likeness (QED) is 0.123. The van der Waals surface area contributed by atoms with Crippen molar-refractivity contribution in [2.24, 2.45) is 11.1 Å². The Bertz CT molecular complexity index is 1530.